The quantitative estimate of drug-likeness (QED) is 0.701. The van der Waals surface area contributed by atoms with E-state index in [0.29, 0.717) is 16.7 Å². The second-order valence-electron chi connectivity index (χ2n) is 2.51. The van der Waals surface area contributed by atoms with E-state index >= 15 is 0 Å². The largest absolute Gasteiger partial charge is 0.490 e. The molecule has 0 bridgehead atoms. The fourth-order valence-electron chi connectivity index (χ4n) is 1.15. The van der Waals surface area contributed by atoms with Gasteiger partial charge >= 0.3 is 0 Å². The summed E-state index contributed by atoms with van der Waals surface area (Å²) in [6, 6.07) is 3.55. The van der Waals surface area contributed by atoms with Gasteiger partial charge in [0.1, 0.15) is 12.4 Å². The maximum atomic E-state index is 5.94. The van der Waals surface area contributed by atoms with E-state index in [-0.39, 0.29) is 0 Å². The van der Waals surface area contributed by atoms with Crippen molar-refractivity contribution >= 4 is 28.9 Å². The van der Waals surface area contributed by atoms with Gasteiger partial charge in [0.15, 0.2) is 0 Å². The van der Waals surface area contributed by atoms with E-state index in [1.807, 2.05) is 6.07 Å². The number of nitrogens with one attached hydrogen (secondary N) is 1. The maximum absolute atomic E-state index is 5.94. The van der Waals surface area contributed by atoms with E-state index < -0.39 is 0 Å². The Morgan fingerprint density at radius 1 is 1.33 bits per heavy atom. The molecule has 2 nitrogen and oxygen atoms in total. The third kappa shape index (κ3) is 1.21. The second kappa shape index (κ2) is 3.04. The molecule has 0 atom stereocenters. The molecule has 2 rings (SSSR count). The molecule has 0 fully saturated rings. The second-order valence-corrected chi connectivity index (χ2v) is 3.29. The summed E-state index contributed by atoms with van der Waals surface area (Å²) in [6.07, 6.45) is 0. The average Bonchev–Trinajstić information content (AvgIpc) is 2.12. The Balaban J connectivity index is 2.54. The van der Waals surface area contributed by atoms with Gasteiger partial charge in [-0.3, -0.25) is 0 Å². The highest BCUT2D eigenvalue weighted by molar-refractivity contribution is 6.44. The Bertz CT molecular complexity index is 314. The molecule has 4 heteroatoms. The minimum atomic E-state index is 0.536. The summed E-state index contributed by atoms with van der Waals surface area (Å²) in [5.74, 6) is 0.774. The molecule has 0 aliphatic carbocycles. The fourth-order valence-corrected chi connectivity index (χ4v) is 1.54. The number of ether oxygens (including phenoxy) is 1. The van der Waals surface area contributed by atoms with Crippen LogP contribution in [0.1, 0.15) is 0 Å². The first-order valence-electron chi connectivity index (χ1n) is 3.64. The Hall–Kier alpha value is -0.600. The molecule has 0 saturated heterocycles. The van der Waals surface area contributed by atoms with Crippen molar-refractivity contribution in [2.24, 2.45) is 0 Å². The van der Waals surface area contributed by atoms with Crippen molar-refractivity contribution in [1.29, 1.82) is 0 Å². The Morgan fingerprint density at radius 2 is 2.17 bits per heavy atom. The summed E-state index contributed by atoms with van der Waals surface area (Å²) < 4.78 is 5.35. The normalized spacial score (nSPS) is 14.5. The van der Waals surface area contributed by atoms with Crippen LogP contribution in [-0.4, -0.2) is 13.2 Å². The summed E-state index contributed by atoms with van der Waals surface area (Å²) in [6.45, 7) is 1.44. The molecule has 0 amide bonds. The zero-order valence-electron chi connectivity index (χ0n) is 6.23. The highest BCUT2D eigenvalue weighted by atomic mass is 35.5. The molecule has 0 aromatic heterocycles. The molecule has 12 heavy (non-hydrogen) atoms. The third-order valence-corrected chi connectivity index (χ3v) is 2.52. The smallest absolute Gasteiger partial charge is 0.144 e. The molecule has 1 heterocycles. The van der Waals surface area contributed by atoms with Gasteiger partial charge in [-0.2, -0.15) is 0 Å². The van der Waals surface area contributed by atoms with Crippen LogP contribution in [-0.2, 0) is 0 Å². The summed E-state index contributed by atoms with van der Waals surface area (Å²) in [5, 5.41) is 4.22. The zero-order valence-corrected chi connectivity index (χ0v) is 7.74. The van der Waals surface area contributed by atoms with Crippen LogP contribution >= 0.6 is 23.2 Å². The molecule has 0 unspecified atom stereocenters. The summed E-state index contributed by atoms with van der Waals surface area (Å²) in [4.78, 5) is 0. The topological polar surface area (TPSA) is 21.3 Å². The lowest BCUT2D eigenvalue weighted by Gasteiger charge is -2.20. The van der Waals surface area contributed by atoms with Crippen molar-refractivity contribution in [3.8, 4) is 5.75 Å². The number of rotatable bonds is 0. The number of hydrogen-bond donors (Lipinski definition) is 1. The molecule has 1 aromatic rings. The van der Waals surface area contributed by atoms with Gasteiger partial charge in [0.2, 0.25) is 0 Å². The minimum Gasteiger partial charge on any atom is -0.490 e. The molecule has 1 aliphatic rings. The van der Waals surface area contributed by atoms with Gasteiger partial charge in [0, 0.05) is 6.54 Å². The van der Waals surface area contributed by atoms with E-state index in [9.17, 15) is 0 Å². The number of anilines is 1. The molecule has 0 spiro atoms. The van der Waals surface area contributed by atoms with Crippen molar-refractivity contribution in [1.82, 2.24) is 0 Å². The van der Waals surface area contributed by atoms with Gasteiger partial charge in [0.25, 0.3) is 0 Å². The zero-order chi connectivity index (χ0) is 8.55. The van der Waals surface area contributed by atoms with Gasteiger partial charge in [0.05, 0.1) is 15.7 Å². The first-order chi connectivity index (χ1) is 5.79. The molecular formula is C8H7Cl2NO. The van der Waals surface area contributed by atoms with E-state index in [0.717, 1.165) is 18.0 Å². The molecule has 1 aromatic carbocycles. The average molecular weight is 204 g/mol. The predicted octanol–water partition coefficient (Wildman–Crippen LogP) is 2.80. The SMILES string of the molecule is Clc1ccc2c(c1Cl)NCCO2. The molecule has 64 valence electrons. The van der Waals surface area contributed by atoms with Gasteiger partial charge in [-0.1, -0.05) is 23.2 Å². The molecule has 0 saturated carbocycles. The molecule has 1 N–H and O–H groups in total. The van der Waals surface area contributed by atoms with E-state index in [4.69, 9.17) is 27.9 Å². The highest BCUT2D eigenvalue weighted by Crippen LogP contribution is 2.38. The Kier molecular flexibility index (Phi) is 2.03. The Labute approximate surface area is 80.4 Å². The van der Waals surface area contributed by atoms with Gasteiger partial charge in [-0.15, -0.1) is 0 Å². The van der Waals surface area contributed by atoms with Crippen LogP contribution in [0.5, 0.6) is 5.75 Å². The predicted molar refractivity (Wildman–Crippen MR) is 50.4 cm³/mol. The van der Waals surface area contributed by atoms with Crippen molar-refractivity contribution < 1.29 is 4.74 Å². The van der Waals surface area contributed by atoms with Crippen LogP contribution in [0.25, 0.3) is 0 Å². The number of fused-ring (bicyclic) bond motifs is 1. The monoisotopic (exact) mass is 203 g/mol. The first kappa shape index (κ1) is 8.02. The molecule has 0 radical (unpaired) electrons. The minimum absolute atomic E-state index is 0.536. The van der Waals surface area contributed by atoms with Crippen LogP contribution in [0.15, 0.2) is 12.1 Å². The number of hydrogen-bond acceptors (Lipinski definition) is 2. The summed E-state index contributed by atoms with van der Waals surface area (Å²) in [7, 11) is 0. The van der Waals surface area contributed by atoms with Crippen molar-refractivity contribution in [3.05, 3.63) is 22.2 Å². The first-order valence-corrected chi connectivity index (χ1v) is 4.39. The lowest BCUT2D eigenvalue weighted by Crippen LogP contribution is -2.18. The lowest BCUT2D eigenvalue weighted by atomic mass is 10.2. The van der Waals surface area contributed by atoms with Gasteiger partial charge in [-0.05, 0) is 12.1 Å². The van der Waals surface area contributed by atoms with Crippen molar-refractivity contribution in [3.63, 3.8) is 0 Å². The highest BCUT2D eigenvalue weighted by Gasteiger charge is 2.14. The summed E-state index contributed by atoms with van der Waals surface area (Å²) >= 11 is 11.8. The summed E-state index contributed by atoms with van der Waals surface area (Å²) in [5.41, 5.74) is 0.801. The standard InChI is InChI=1S/C8H7Cl2NO/c9-5-1-2-6-8(7(5)10)11-3-4-12-6/h1-2,11H,3-4H2. The maximum Gasteiger partial charge on any atom is 0.144 e. The van der Waals surface area contributed by atoms with Gasteiger partial charge < -0.3 is 10.1 Å². The Morgan fingerprint density at radius 3 is 3.00 bits per heavy atom. The van der Waals surface area contributed by atoms with Crippen LogP contribution in [0.4, 0.5) is 5.69 Å². The third-order valence-electron chi connectivity index (χ3n) is 1.72. The number of halogens is 2. The van der Waals surface area contributed by atoms with Crippen LogP contribution in [0, 0.1) is 0 Å². The van der Waals surface area contributed by atoms with E-state index in [2.05, 4.69) is 5.32 Å². The van der Waals surface area contributed by atoms with Crippen LogP contribution in [0.2, 0.25) is 10.0 Å². The van der Waals surface area contributed by atoms with E-state index in [1.54, 1.807) is 6.07 Å². The lowest BCUT2D eigenvalue weighted by molar-refractivity contribution is 0.323. The fraction of sp³-hybridized carbons (Fsp3) is 0.250. The number of benzene rings is 1. The molecular weight excluding hydrogens is 197 g/mol. The van der Waals surface area contributed by atoms with Crippen LogP contribution < -0.4 is 10.1 Å². The van der Waals surface area contributed by atoms with Gasteiger partial charge in [-0.25, -0.2) is 0 Å². The van der Waals surface area contributed by atoms with E-state index in [1.165, 1.54) is 0 Å². The van der Waals surface area contributed by atoms with Crippen molar-refractivity contribution in [2.75, 3.05) is 18.5 Å². The van der Waals surface area contributed by atoms with Crippen molar-refractivity contribution in [2.45, 2.75) is 0 Å². The van der Waals surface area contributed by atoms with Crippen LogP contribution in [0.3, 0.4) is 0 Å². The molecule has 1 aliphatic heterocycles.